The summed E-state index contributed by atoms with van der Waals surface area (Å²) in [4.78, 5) is 40.0. The van der Waals surface area contributed by atoms with Gasteiger partial charge in [0.05, 0.1) is 18.2 Å². The highest BCUT2D eigenvalue weighted by Crippen LogP contribution is 2.25. The molecule has 0 saturated carbocycles. The first-order valence-electron chi connectivity index (χ1n) is 10.9. The summed E-state index contributed by atoms with van der Waals surface area (Å²) in [6.45, 7) is 17.1. The first-order chi connectivity index (χ1) is 13.7. The van der Waals surface area contributed by atoms with E-state index in [2.05, 4.69) is 5.32 Å². The van der Waals surface area contributed by atoms with E-state index < -0.39 is 23.0 Å². The van der Waals surface area contributed by atoms with Crippen LogP contribution >= 0.6 is 0 Å². The maximum absolute atomic E-state index is 13.5. The van der Waals surface area contributed by atoms with Gasteiger partial charge in [0.2, 0.25) is 11.8 Å². The summed E-state index contributed by atoms with van der Waals surface area (Å²) in [5.74, 6) is -0.895. The van der Waals surface area contributed by atoms with Crippen molar-refractivity contribution in [3.8, 4) is 0 Å². The van der Waals surface area contributed by atoms with Crippen molar-refractivity contribution in [3.05, 3.63) is 11.6 Å². The Morgan fingerprint density at radius 2 is 1.60 bits per heavy atom. The van der Waals surface area contributed by atoms with Gasteiger partial charge in [-0.2, -0.15) is 0 Å². The highest BCUT2D eigenvalue weighted by atomic mass is 16.5. The molecule has 0 aromatic carbocycles. The number of nitrogens with one attached hydrogen (secondary N) is 1. The Hall–Kier alpha value is -1.89. The third-order valence-corrected chi connectivity index (χ3v) is 5.60. The van der Waals surface area contributed by atoms with Crippen LogP contribution < -0.4 is 11.1 Å². The highest BCUT2D eigenvalue weighted by Gasteiger charge is 2.40. The van der Waals surface area contributed by atoms with Crippen LogP contribution in [-0.4, -0.2) is 54.0 Å². The smallest absolute Gasteiger partial charge is 0.333 e. The fourth-order valence-corrected chi connectivity index (χ4v) is 3.17. The Labute approximate surface area is 182 Å². The van der Waals surface area contributed by atoms with E-state index in [0.29, 0.717) is 25.0 Å². The number of amides is 2. The van der Waals surface area contributed by atoms with Gasteiger partial charge in [-0.3, -0.25) is 9.59 Å². The number of likely N-dealkylation sites (N-methyl/N-ethyl adjacent to an activating group) is 1. The molecule has 2 amide bonds. The maximum atomic E-state index is 13.5. The zero-order valence-corrected chi connectivity index (χ0v) is 20.6. The molecule has 30 heavy (non-hydrogen) atoms. The van der Waals surface area contributed by atoms with Gasteiger partial charge in [0.15, 0.2) is 0 Å². The minimum atomic E-state index is -1.01. The number of ether oxygens (including phenoxy) is 1. The van der Waals surface area contributed by atoms with E-state index >= 15 is 0 Å². The second-order valence-electron chi connectivity index (χ2n) is 9.39. The topological polar surface area (TPSA) is 102 Å². The lowest BCUT2D eigenvalue weighted by Gasteiger charge is -2.39. The number of nitrogens with two attached hydrogens (primary N) is 1. The lowest BCUT2D eigenvalue weighted by molar-refractivity contribution is -0.141. The van der Waals surface area contributed by atoms with Crippen molar-refractivity contribution >= 4 is 17.8 Å². The number of rotatable bonds is 10. The van der Waals surface area contributed by atoms with Gasteiger partial charge in [0.1, 0.15) is 6.04 Å². The average Bonchev–Trinajstić information content (AvgIpc) is 2.66. The van der Waals surface area contributed by atoms with Crippen molar-refractivity contribution in [3.63, 3.8) is 0 Å². The molecule has 0 aliphatic carbocycles. The number of hydrogen-bond acceptors (Lipinski definition) is 5. The van der Waals surface area contributed by atoms with Crippen LogP contribution in [-0.2, 0) is 19.1 Å². The van der Waals surface area contributed by atoms with Crippen molar-refractivity contribution in [1.82, 2.24) is 10.2 Å². The van der Waals surface area contributed by atoms with Gasteiger partial charge < -0.3 is 20.7 Å². The van der Waals surface area contributed by atoms with Gasteiger partial charge in [-0.25, -0.2) is 4.79 Å². The summed E-state index contributed by atoms with van der Waals surface area (Å²) in [5, 5.41) is 2.90. The molecule has 0 saturated heterocycles. The van der Waals surface area contributed by atoms with Gasteiger partial charge in [-0.15, -0.1) is 0 Å². The van der Waals surface area contributed by atoms with E-state index in [4.69, 9.17) is 10.5 Å². The molecule has 2 atom stereocenters. The third-order valence-electron chi connectivity index (χ3n) is 5.60. The number of nitrogens with zero attached hydrogens (tertiary/aromatic N) is 1. The summed E-state index contributed by atoms with van der Waals surface area (Å²) in [6.07, 6.45) is 2.71. The Morgan fingerprint density at radius 1 is 1.10 bits per heavy atom. The summed E-state index contributed by atoms with van der Waals surface area (Å²) >= 11 is 0. The van der Waals surface area contributed by atoms with Crippen LogP contribution in [0.25, 0.3) is 0 Å². The first-order valence-corrected chi connectivity index (χ1v) is 10.9. The molecule has 0 unspecified atom stereocenters. The van der Waals surface area contributed by atoms with Crippen LogP contribution in [0.1, 0.15) is 75.2 Å². The van der Waals surface area contributed by atoms with E-state index in [0.717, 1.165) is 0 Å². The molecule has 0 heterocycles. The van der Waals surface area contributed by atoms with E-state index in [-0.39, 0.29) is 23.8 Å². The summed E-state index contributed by atoms with van der Waals surface area (Å²) in [7, 11) is 1.70. The number of carbonyl (C=O) groups excluding carboxylic acids is 3. The van der Waals surface area contributed by atoms with Crippen molar-refractivity contribution in [2.24, 2.45) is 17.1 Å². The van der Waals surface area contributed by atoms with Crippen LogP contribution in [0.3, 0.4) is 0 Å². The van der Waals surface area contributed by atoms with Gasteiger partial charge in [-0.1, -0.05) is 54.5 Å². The zero-order valence-electron chi connectivity index (χ0n) is 20.6. The van der Waals surface area contributed by atoms with Crippen LogP contribution in [0.15, 0.2) is 11.6 Å². The Bertz CT molecular complexity index is 631. The van der Waals surface area contributed by atoms with Crippen LogP contribution in [0.2, 0.25) is 0 Å². The van der Waals surface area contributed by atoms with Crippen LogP contribution in [0.4, 0.5) is 0 Å². The SMILES string of the molecule is CCOC(=O)/C(C)=C/[C@H](C(C)C)N(C)C(=O)[C@@H](NC(=O)C(N)(CC)CC)C(C)(C)C. The summed E-state index contributed by atoms with van der Waals surface area (Å²) in [5.41, 5.74) is 5.16. The number of carbonyl (C=O) groups is 3. The fourth-order valence-electron chi connectivity index (χ4n) is 3.17. The standard InChI is InChI=1S/C23H43N3O4/c1-11-23(24,12-2)21(29)25-18(22(7,8)9)19(27)26(10)17(15(4)5)14-16(6)20(28)30-13-3/h14-15,17-18H,11-13,24H2,1-10H3,(H,25,29)/b16-14+/t17-,18-/m1/s1. The molecule has 0 fully saturated rings. The molecule has 0 rings (SSSR count). The summed E-state index contributed by atoms with van der Waals surface area (Å²) in [6, 6.07) is -1.09. The first kappa shape index (κ1) is 28.1. The lowest BCUT2D eigenvalue weighted by atomic mass is 9.83. The molecule has 7 heteroatoms. The Morgan fingerprint density at radius 3 is 1.97 bits per heavy atom. The van der Waals surface area contributed by atoms with E-state index in [1.165, 1.54) is 0 Å². The summed E-state index contributed by atoms with van der Waals surface area (Å²) < 4.78 is 5.06. The van der Waals surface area contributed by atoms with Gasteiger partial charge >= 0.3 is 5.97 Å². The monoisotopic (exact) mass is 425 g/mol. The molecule has 0 aliphatic heterocycles. The molecular weight excluding hydrogens is 382 g/mol. The molecule has 0 bridgehead atoms. The second kappa shape index (κ2) is 11.5. The van der Waals surface area contributed by atoms with Gasteiger partial charge in [0, 0.05) is 12.6 Å². The number of esters is 1. The van der Waals surface area contributed by atoms with E-state index in [1.54, 1.807) is 31.9 Å². The molecule has 0 radical (unpaired) electrons. The van der Waals surface area contributed by atoms with E-state index in [9.17, 15) is 14.4 Å². The minimum absolute atomic E-state index is 0.0551. The van der Waals surface area contributed by atoms with Crippen molar-refractivity contribution in [2.75, 3.05) is 13.7 Å². The van der Waals surface area contributed by atoms with Crippen LogP contribution in [0.5, 0.6) is 0 Å². The minimum Gasteiger partial charge on any atom is -0.463 e. The normalized spacial score (nSPS) is 14.9. The largest absolute Gasteiger partial charge is 0.463 e. The average molecular weight is 426 g/mol. The molecule has 0 aromatic heterocycles. The molecule has 7 nitrogen and oxygen atoms in total. The van der Waals surface area contributed by atoms with Crippen LogP contribution in [0, 0.1) is 11.3 Å². The predicted molar refractivity (Wildman–Crippen MR) is 121 cm³/mol. The Balaban J connectivity index is 5.89. The predicted octanol–water partition coefficient (Wildman–Crippen LogP) is 3.03. The molecule has 0 spiro atoms. The maximum Gasteiger partial charge on any atom is 0.333 e. The highest BCUT2D eigenvalue weighted by molar-refractivity contribution is 5.93. The van der Waals surface area contributed by atoms with Crippen molar-refractivity contribution < 1.29 is 19.1 Å². The quantitative estimate of drug-likeness (QED) is 0.414. The van der Waals surface area contributed by atoms with Gasteiger partial charge in [0.25, 0.3) is 0 Å². The zero-order chi connectivity index (χ0) is 23.9. The second-order valence-corrected chi connectivity index (χ2v) is 9.39. The molecule has 3 N–H and O–H groups in total. The fraction of sp³-hybridized carbons (Fsp3) is 0.783. The lowest BCUT2D eigenvalue weighted by Crippen LogP contribution is -2.62. The van der Waals surface area contributed by atoms with Gasteiger partial charge in [-0.05, 0) is 38.0 Å². The molecule has 174 valence electrons. The Kier molecular flexibility index (Phi) is 10.8. The van der Waals surface area contributed by atoms with Crippen molar-refractivity contribution in [2.45, 2.75) is 92.8 Å². The number of hydrogen-bond donors (Lipinski definition) is 2. The molecular formula is C23H43N3O4. The van der Waals surface area contributed by atoms with E-state index in [1.807, 2.05) is 48.5 Å². The van der Waals surface area contributed by atoms with Crippen molar-refractivity contribution in [1.29, 1.82) is 0 Å². The molecule has 0 aromatic rings. The third kappa shape index (κ3) is 7.42. The molecule has 0 aliphatic rings.